The average Bonchev–Trinajstić information content (AvgIpc) is 2.43. The van der Waals surface area contributed by atoms with Crippen LogP contribution in [-0.2, 0) is 24.5 Å². The summed E-state index contributed by atoms with van der Waals surface area (Å²) in [6.07, 6.45) is 5.39. The third-order valence-electron chi connectivity index (χ3n) is 2.41. The molecule has 0 saturated carbocycles. The van der Waals surface area contributed by atoms with Gasteiger partial charge in [0.1, 0.15) is 25.5 Å². The zero-order valence-corrected chi connectivity index (χ0v) is 19.2. The van der Waals surface area contributed by atoms with Gasteiger partial charge in [-0.15, -0.1) is 24.8 Å². The number of sulfone groups is 2. The van der Waals surface area contributed by atoms with Gasteiger partial charge in [0, 0.05) is 31.9 Å². The molecule has 0 radical (unpaired) electrons. The van der Waals surface area contributed by atoms with Gasteiger partial charge in [-0.3, -0.25) is 4.79 Å². The summed E-state index contributed by atoms with van der Waals surface area (Å²) in [4.78, 5) is 11.0. The summed E-state index contributed by atoms with van der Waals surface area (Å²) in [6.45, 7) is 3.61. The van der Waals surface area contributed by atoms with Crippen molar-refractivity contribution in [2.45, 2.75) is 39.0 Å². The Hall–Kier alpha value is 0.0300. The maximum atomic E-state index is 11.0. The minimum Gasteiger partial charge on any atom is -0.330 e. The first-order valence-electron chi connectivity index (χ1n) is 7.90. The van der Waals surface area contributed by atoms with Crippen molar-refractivity contribution in [2.24, 2.45) is 17.2 Å². The molecule has 0 amide bonds. The molecule has 12 heteroatoms. The maximum Gasteiger partial charge on any atom is 0.148 e. The predicted octanol–water partition coefficient (Wildman–Crippen LogP) is 0.308. The van der Waals surface area contributed by atoms with E-state index in [2.05, 4.69) is 6.92 Å². The van der Waals surface area contributed by atoms with Crippen molar-refractivity contribution in [2.75, 3.05) is 43.7 Å². The first-order chi connectivity index (χ1) is 10.9. The first-order valence-corrected chi connectivity index (χ1v) is 12.0. The Labute approximate surface area is 171 Å². The Balaban J connectivity index is -0.0000000963. The fraction of sp³-hybridized carbons (Fsp3) is 0.929. The Morgan fingerprint density at radius 1 is 0.731 bits per heavy atom. The second-order valence-electron chi connectivity index (χ2n) is 5.37. The minimum absolute atomic E-state index is 0. The summed E-state index contributed by atoms with van der Waals surface area (Å²) in [5, 5.41) is 0. The molecule has 6 N–H and O–H groups in total. The molecule has 0 fully saturated rings. The Bertz CT molecular complexity index is 499. The Morgan fingerprint density at radius 3 is 1.35 bits per heavy atom. The molecule has 0 aromatic rings. The van der Waals surface area contributed by atoms with E-state index < -0.39 is 19.7 Å². The fourth-order valence-corrected chi connectivity index (χ4v) is 2.27. The molecule has 0 heterocycles. The number of carbonyl (C=O) groups is 1. The molecule has 0 unspecified atom stereocenters. The highest BCUT2D eigenvalue weighted by Gasteiger charge is 2.05. The van der Waals surface area contributed by atoms with Crippen LogP contribution in [-0.4, -0.2) is 66.3 Å². The zero-order chi connectivity index (χ0) is 19.6. The van der Waals surface area contributed by atoms with Crippen LogP contribution in [0.4, 0.5) is 0 Å². The van der Waals surface area contributed by atoms with Crippen LogP contribution in [0.1, 0.15) is 39.0 Å². The summed E-state index contributed by atoms with van der Waals surface area (Å²) in [5.41, 5.74) is 15.2. The van der Waals surface area contributed by atoms with Crippen molar-refractivity contribution in [3.05, 3.63) is 0 Å². The van der Waals surface area contributed by atoms with E-state index in [1.54, 1.807) is 0 Å². The van der Waals surface area contributed by atoms with E-state index in [9.17, 15) is 21.6 Å². The molecule has 0 aliphatic heterocycles. The lowest BCUT2D eigenvalue weighted by Crippen LogP contribution is -2.13. The second kappa shape index (κ2) is 23.1. The van der Waals surface area contributed by atoms with Crippen LogP contribution in [0.2, 0.25) is 0 Å². The molecule has 0 atom stereocenters. The number of carbonyl (C=O) groups excluding carboxylic acids is 1. The van der Waals surface area contributed by atoms with E-state index in [4.69, 9.17) is 17.2 Å². The fourth-order valence-electron chi connectivity index (χ4n) is 1.17. The normalized spacial score (nSPS) is 10.1. The summed E-state index contributed by atoms with van der Waals surface area (Å²) in [6, 6.07) is 0. The molecule has 0 aromatic carbocycles. The largest absolute Gasteiger partial charge is 0.330 e. The van der Waals surface area contributed by atoms with E-state index in [1.807, 2.05) is 0 Å². The third kappa shape index (κ3) is 49.6. The number of hydrogen-bond donors (Lipinski definition) is 3. The molecule has 0 aliphatic carbocycles. The lowest BCUT2D eigenvalue weighted by molar-refractivity contribution is -0.119. The molecule has 0 rings (SSSR count). The first kappa shape index (κ1) is 36.9. The molecular formula is C14H37Cl2N3O5S2. The highest BCUT2D eigenvalue weighted by Crippen LogP contribution is 2.00. The molecule has 0 aromatic heterocycles. The van der Waals surface area contributed by atoms with Crippen molar-refractivity contribution < 1.29 is 21.6 Å². The molecule has 0 aliphatic rings. The van der Waals surface area contributed by atoms with Gasteiger partial charge in [-0.05, 0) is 32.4 Å². The van der Waals surface area contributed by atoms with Gasteiger partial charge in [0.15, 0.2) is 0 Å². The molecule has 0 spiro atoms. The van der Waals surface area contributed by atoms with Crippen LogP contribution in [0.15, 0.2) is 0 Å². The molecule has 0 saturated heterocycles. The van der Waals surface area contributed by atoms with E-state index in [1.165, 1.54) is 12.5 Å². The number of nitrogens with two attached hydrogens (primary N) is 3. The van der Waals surface area contributed by atoms with Gasteiger partial charge in [0.05, 0.1) is 11.5 Å². The smallest absolute Gasteiger partial charge is 0.148 e. The molecule has 0 bridgehead atoms. The van der Waals surface area contributed by atoms with Gasteiger partial charge in [0.2, 0.25) is 0 Å². The van der Waals surface area contributed by atoms with Crippen molar-refractivity contribution in [3.8, 4) is 0 Å². The topological polar surface area (TPSA) is 163 Å². The third-order valence-corrected chi connectivity index (χ3v) is 4.42. The van der Waals surface area contributed by atoms with Crippen LogP contribution < -0.4 is 17.2 Å². The van der Waals surface area contributed by atoms with Crippen LogP contribution in [0.3, 0.4) is 0 Å². The molecule has 26 heavy (non-hydrogen) atoms. The van der Waals surface area contributed by atoms with E-state index in [0.717, 1.165) is 13.0 Å². The molecular weight excluding hydrogens is 425 g/mol. The number of Topliss-reactive ketones (excluding diaryl/α,β-unsaturated/α-hetero) is 1. The van der Waals surface area contributed by atoms with Crippen LogP contribution in [0.5, 0.6) is 0 Å². The molecule has 8 nitrogen and oxygen atoms in total. The second-order valence-corrected chi connectivity index (χ2v) is 9.89. The molecule has 164 valence electrons. The van der Waals surface area contributed by atoms with Crippen molar-refractivity contribution >= 4 is 50.3 Å². The average molecular weight is 463 g/mol. The van der Waals surface area contributed by atoms with Gasteiger partial charge >= 0.3 is 0 Å². The van der Waals surface area contributed by atoms with Gasteiger partial charge in [-0.2, -0.15) is 0 Å². The number of ketones is 1. The minimum atomic E-state index is -2.92. The summed E-state index contributed by atoms with van der Waals surface area (Å²) < 4.78 is 41.7. The highest BCUT2D eigenvalue weighted by atomic mass is 35.5. The van der Waals surface area contributed by atoms with Gasteiger partial charge in [0.25, 0.3) is 0 Å². The van der Waals surface area contributed by atoms with Crippen LogP contribution >= 0.6 is 24.8 Å². The van der Waals surface area contributed by atoms with E-state index >= 15 is 0 Å². The summed E-state index contributed by atoms with van der Waals surface area (Å²) in [7, 11) is -5.72. The summed E-state index contributed by atoms with van der Waals surface area (Å²) >= 11 is 0. The van der Waals surface area contributed by atoms with Crippen LogP contribution in [0.25, 0.3) is 0 Å². The number of rotatable bonds is 10. The van der Waals surface area contributed by atoms with Gasteiger partial charge in [-0.1, -0.05) is 6.92 Å². The van der Waals surface area contributed by atoms with E-state index in [0.29, 0.717) is 32.2 Å². The van der Waals surface area contributed by atoms with E-state index in [-0.39, 0.29) is 48.6 Å². The Kier molecular flexibility index (Phi) is 32.7. The lowest BCUT2D eigenvalue weighted by Gasteiger charge is -1.98. The number of hydrogen-bond acceptors (Lipinski definition) is 8. The maximum absolute atomic E-state index is 11.0. The monoisotopic (exact) mass is 461 g/mol. The summed E-state index contributed by atoms with van der Waals surface area (Å²) in [5.74, 6) is 0.295. The quantitative estimate of drug-likeness (QED) is 0.417. The predicted molar refractivity (Wildman–Crippen MR) is 115 cm³/mol. The van der Waals surface area contributed by atoms with Gasteiger partial charge in [-0.25, -0.2) is 16.8 Å². The lowest BCUT2D eigenvalue weighted by atomic mass is 10.1. The van der Waals surface area contributed by atoms with Crippen LogP contribution in [0, 0.1) is 0 Å². The van der Waals surface area contributed by atoms with Crippen molar-refractivity contribution in [3.63, 3.8) is 0 Å². The standard InChI is InChI=1S/C8H17NO3S.C3H9NO2S.C3H9N.2ClH/c1-13(11,12)7-3-5-8(10)4-2-6-9;1-7(5,6)3-2-4;1-2-3-4;;/h2-7,9H2,1H3;2-4H2,1H3;2-4H2,1H3;2*1H. The van der Waals surface area contributed by atoms with Crippen molar-refractivity contribution in [1.82, 2.24) is 0 Å². The highest BCUT2D eigenvalue weighted by molar-refractivity contribution is 7.90. The van der Waals surface area contributed by atoms with Crippen molar-refractivity contribution in [1.29, 1.82) is 0 Å². The van der Waals surface area contributed by atoms with Gasteiger partial charge < -0.3 is 17.2 Å². The SMILES string of the molecule is CCCN.CS(=O)(=O)CCCC(=O)CCCN.CS(=O)(=O)CCN.Cl.Cl. The number of halogens is 2. The Morgan fingerprint density at radius 2 is 1.12 bits per heavy atom. The zero-order valence-electron chi connectivity index (χ0n) is 16.0.